The van der Waals surface area contributed by atoms with Crippen molar-refractivity contribution in [2.75, 3.05) is 0 Å². The molecule has 2 aromatic rings. The van der Waals surface area contributed by atoms with Crippen molar-refractivity contribution in [3.63, 3.8) is 0 Å². The Morgan fingerprint density at radius 3 is 2.77 bits per heavy atom. The molecule has 1 aromatic carbocycles. The summed E-state index contributed by atoms with van der Waals surface area (Å²) in [7, 11) is 0. The van der Waals surface area contributed by atoms with Crippen molar-refractivity contribution in [3.8, 4) is 0 Å². The summed E-state index contributed by atoms with van der Waals surface area (Å²) in [5, 5.41) is 13.7. The van der Waals surface area contributed by atoms with Gasteiger partial charge in [-0.1, -0.05) is 30.4 Å². The number of nitrogens with two attached hydrogens (primary N) is 1. The molecule has 0 saturated heterocycles. The predicted molar refractivity (Wildman–Crippen MR) is 87.6 cm³/mol. The van der Waals surface area contributed by atoms with Crippen LogP contribution in [-0.2, 0) is 6.42 Å². The Morgan fingerprint density at radius 2 is 2.14 bits per heavy atom. The number of benzene rings is 1. The van der Waals surface area contributed by atoms with Gasteiger partial charge in [-0.25, -0.2) is 4.98 Å². The molecule has 0 spiro atoms. The fraction of sp³-hybridized carbons (Fsp3) is 0.188. The normalized spacial score (nSPS) is 14.9. The molecule has 0 aliphatic heterocycles. The van der Waals surface area contributed by atoms with E-state index in [1.165, 1.54) is 17.7 Å². The van der Waals surface area contributed by atoms with Gasteiger partial charge in [0, 0.05) is 17.5 Å². The highest BCUT2D eigenvalue weighted by atomic mass is 32.1. The first-order chi connectivity index (χ1) is 10.6. The summed E-state index contributed by atoms with van der Waals surface area (Å²) in [6.07, 6.45) is 7.74. The summed E-state index contributed by atoms with van der Waals surface area (Å²) in [6.45, 7) is 0. The molecule has 112 valence electrons. The zero-order valence-electron chi connectivity index (χ0n) is 11.8. The van der Waals surface area contributed by atoms with Crippen molar-refractivity contribution in [3.05, 3.63) is 74.3 Å². The minimum absolute atomic E-state index is 0.0916. The number of allylic oxidation sites excluding steroid dienone is 4. The third-order valence-corrected chi connectivity index (χ3v) is 4.49. The lowest BCUT2D eigenvalue weighted by Crippen LogP contribution is -2.13. The minimum atomic E-state index is -0.403. The second kappa shape index (κ2) is 6.21. The van der Waals surface area contributed by atoms with Gasteiger partial charge in [-0.15, -0.1) is 11.3 Å². The fourth-order valence-corrected chi connectivity index (χ4v) is 3.24. The quantitative estimate of drug-likeness (QED) is 0.675. The Balaban J connectivity index is 1.69. The second-order valence-electron chi connectivity index (χ2n) is 5.14. The van der Waals surface area contributed by atoms with E-state index in [9.17, 15) is 10.1 Å². The van der Waals surface area contributed by atoms with Crippen molar-refractivity contribution in [2.24, 2.45) is 5.73 Å². The van der Waals surface area contributed by atoms with Gasteiger partial charge in [0.1, 0.15) is 5.01 Å². The number of nitrogens with zero attached hydrogens (tertiary/aromatic N) is 2. The summed E-state index contributed by atoms with van der Waals surface area (Å²) in [5.74, 6) is 0. The van der Waals surface area contributed by atoms with E-state index in [1.54, 1.807) is 23.5 Å². The van der Waals surface area contributed by atoms with Gasteiger partial charge in [-0.2, -0.15) is 0 Å². The summed E-state index contributed by atoms with van der Waals surface area (Å²) < 4.78 is 0. The molecule has 1 aliphatic carbocycles. The van der Waals surface area contributed by atoms with Crippen LogP contribution < -0.4 is 5.73 Å². The Bertz CT molecular complexity index is 747. The molecule has 6 heteroatoms. The number of rotatable bonds is 5. The van der Waals surface area contributed by atoms with Crippen LogP contribution in [0.3, 0.4) is 0 Å². The molecule has 0 bridgehead atoms. The zero-order valence-corrected chi connectivity index (χ0v) is 12.6. The largest absolute Gasteiger partial charge is 0.322 e. The van der Waals surface area contributed by atoms with E-state index < -0.39 is 4.92 Å². The lowest BCUT2D eigenvalue weighted by Gasteiger charge is -2.08. The number of nitro groups is 1. The lowest BCUT2D eigenvalue weighted by atomic mass is 10.0. The molecule has 2 N–H and O–H groups in total. The standard InChI is InChI=1S/C16H15N3O2S/c17-14(9-11-5-7-13(8-6-11)19(20)21)15-10-22-16(18-15)12-3-1-2-4-12/h1-3,5-8,10,14H,4,9,17H2/t14-/m0/s1. The van der Waals surface area contributed by atoms with Gasteiger partial charge in [0.25, 0.3) is 5.69 Å². The molecule has 1 heterocycles. The number of hydrogen-bond acceptors (Lipinski definition) is 5. The van der Waals surface area contributed by atoms with Crippen molar-refractivity contribution >= 4 is 22.6 Å². The summed E-state index contributed by atoms with van der Waals surface area (Å²) in [5.41, 5.74) is 9.36. The molecule has 3 rings (SSSR count). The van der Waals surface area contributed by atoms with Crippen LogP contribution in [0.4, 0.5) is 5.69 Å². The third kappa shape index (κ3) is 3.13. The molecule has 0 saturated carbocycles. The average molecular weight is 313 g/mol. The number of nitro benzene ring substituents is 1. The molecule has 0 unspecified atom stereocenters. The molecule has 22 heavy (non-hydrogen) atoms. The molecule has 5 nitrogen and oxygen atoms in total. The summed E-state index contributed by atoms with van der Waals surface area (Å²) in [6, 6.07) is 6.29. The van der Waals surface area contributed by atoms with Crippen molar-refractivity contribution in [2.45, 2.75) is 18.9 Å². The number of thiazole rings is 1. The van der Waals surface area contributed by atoms with Crippen LogP contribution in [-0.4, -0.2) is 9.91 Å². The zero-order chi connectivity index (χ0) is 15.5. The van der Waals surface area contributed by atoms with E-state index in [2.05, 4.69) is 17.1 Å². The SMILES string of the molecule is N[C@@H](Cc1ccc([N+](=O)[O-])cc1)c1csc(C2=CC=CC2)n1. The van der Waals surface area contributed by atoms with E-state index >= 15 is 0 Å². The van der Waals surface area contributed by atoms with Crippen LogP contribution in [0.15, 0.2) is 47.9 Å². The Kier molecular flexibility index (Phi) is 4.13. The maximum Gasteiger partial charge on any atom is 0.269 e. The molecule has 1 atom stereocenters. The van der Waals surface area contributed by atoms with E-state index in [0.29, 0.717) is 6.42 Å². The number of non-ortho nitro benzene ring substituents is 1. The van der Waals surface area contributed by atoms with Crippen LogP contribution in [0.1, 0.15) is 28.7 Å². The fourth-order valence-electron chi connectivity index (χ4n) is 2.32. The molecular formula is C16H15N3O2S. The minimum Gasteiger partial charge on any atom is -0.322 e. The first-order valence-electron chi connectivity index (χ1n) is 6.94. The first kappa shape index (κ1) is 14.6. The highest BCUT2D eigenvalue weighted by Gasteiger charge is 2.14. The molecule has 0 amide bonds. The van der Waals surface area contributed by atoms with Crippen LogP contribution >= 0.6 is 11.3 Å². The van der Waals surface area contributed by atoms with Gasteiger partial charge in [-0.3, -0.25) is 10.1 Å². The third-order valence-electron chi connectivity index (χ3n) is 3.55. The van der Waals surface area contributed by atoms with E-state index in [0.717, 1.165) is 22.7 Å². The van der Waals surface area contributed by atoms with Gasteiger partial charge < -0.3 is 5.73 Å². The molecular weight excluding hydrogens is 298 g/mol. The van der Waals surface area contributed by atoms with Gasteiger partial charge in [0.15, 0.2) is 0 Å². The van der Waals surface area contributed by atoms with Gasteiger partial charge in [-0.05, 0) is 24.0 Å². The molecule has 1 aliphatic rings. The smallest absolute Gasteiger partial charge is 0.269 e. The summed E-state index contributed by atoms with van der Waals surface area (Å²) >= 11 is 1.60. The highest BCUT2D eigenvalue weighted by molar-refractivity contribution is 7.10. The second-order valence-corrected chi connectivity index (χ2v) is 5.99. The monoisotopic (exact) mass is 313 g/mol. The van der Waals surface area contributed by atoms with Gasteiger partial charge >= 0.3 is 0 Å². The average Bonchev–Trinajstić information content (AvgIpc) is 3.19. The van der Waals surface area contributed by atoms with Crippen LogP contribution in [0.25, 0.3) is 5.57 Å². The van der Waals surface area contributed by atoms with Crippen molar-refractivity contribution < 1.29 is 4.92 Å². The maximum absolute atomic E-state index is 10.6. The van der Waals surface area contributed by atoms with Crippen molar-refractivity contribution in [1.29, 1.82) is 0 Å². The van der Waals surface area contributed by atoms with Crippen LogP contribution in [0, 0.1) is 10.1 Å². The highest BCUT2D eigenvalue weighted by Crippen LogP contribution is 2.28. The number of hydrogen-bond donors (Lipinski definition) is 1. The van der Waals surface area contributed by atoms with Crippen molar-refractivity contribution in [1.82, 2.24) is 4.98 Å². The van der Waals surface area contributed by atoms with E-state index in [1.807, 2.05) is 11.5 Å². The molecule has 1 aromatic heterocycles. The molecule has 0 fully saturated rings. The maximum atomic E-state index is 10.6. The van der Waals surface area contributed by atoms with E-state index in [-0.39, 0.29) is 11.7 Å². The van der Waals surface area contributed by atoms with E-state index in [4.69, 9.17) is 5.73 Å². The molecule has 0 radical (unpaired) electrons. The Morgan fingerprint density at radius 1 is 1.36 bits per heavy atom. The van der Waals surface area contributed by atoms with Crippen LogP contribution in [0.2, 0.25) is 0 Å². The summed E-state index contributed by atoms with van der Waals surface area (Å²) in [4.78, 5) is 14.9. The van der Waals surface area contributed by atoms with Crippen LogP contribution in [0.5, 0.6) is 0 Å². The predicted octanol–water partition coefficient (Wildman–Crippen LogP) is 3.64. The topological polar surface area (TPSA) is 82.0 Å². The lowest BCUT2D eigenvalue weighted by molar-refractivity contribution is -0.384. The number of aromatic nitrogens is 1. The first-order valence-corrected chi connectivity index (χ1v) is 7.82. The van der Waals surface area contributed by atoms with Gasteiger partial charge in [0.05, 0.1) is 16.7 Å². The van der Waals surface area contributed by atoms with Gasteiger partial charge in [0.2, 0.25) is 0 Å². The Labute approximate surface area is 132 Å². The Hall–Kier alpha value is -2.31.